The average molecular weight is 461 g/mol. The van der Waals surface area contributed by atoms with Crippen molar-refractivity contribution in [3.05, 3.63) is 38.3 Å². The molecule has 4 bridgehead atoms. The van der Waals surface area contributed by atoms with Crippen molar-refractivity contribution in [3.8, 4) is 0 Å². The van der Waals surface area contributed by atoms with Gasteiger partial charge in [-0.1, -0.05) is 11.6 Å². The Bertz CT molecular complexity index is 1070. The maximum Gasteiger partial charge on any atom is 0.408 e. The Kier molecular flexibility index (Phi) is 4.89. The summed E-state index contributed by atoms with van der Waals surface area (Å²) < 4.78 is 3.65. The summed E-state index contributed by atoms with van der Waals surface area (Å²) in [6.07, 6.45) is 6.46. The zero-order chi connectivity index (χ0) is 22.8. The van der Waals surface area contributed by atoms with Crippen LogP contribution >= 0.6 is 11.6 Å². The van der Waals surface area contributed by atoms with Crippen molar-refractivity contribution in [2.45, 2.75) is 70.9 Å². The first kappa shape index (κ1) is 21.4. The standard InChI is InChI=1S/C22H29ClN6O3/c1-13-4-17(25-27(13)3)11-24-18(30)10-21-6-15-5-16(7-21)9-22(8-15,12-21)28-14(2)19(23)20(26-28)29(31)32/h4,15-16H,5-12H2,1-3H3,(H,24,30). The van der Waals surface area contributed by atoms with Crippen LogP contribution in [0.2, 0.25) is 5.02 Å². The van der Waals surface area contributed by atoms with Gasteiger partial charge in [0.05, 0.1) is 28.6 Å². The van der Waals surface area contributed by atoms with Gasteiger partial charge < -0.3 is 15.4 Å². The lowest BCUT2D eigenvalue weighted by Gasteiger charge is -2.61. The molecule has 0 aliphatic heterocycles. The molecule has 4 saturated carbocycles. The Morgan fingerprint density at radius 2 is 1.97 bits per heavy atom. The van der Waals surface area contributed by atoms with Crippen LogP contribution < -0.4 is 5.32 Å². The number of hydrogen-bond donors (Lipinski definition) is 1. The molecule has 9 nitrogen and oxygen atoms in total. The number of rotatable bonds is 6. The molecule has 4 fully saturated rings. The fourth-order valence-electron chi connectivity index (χ4n) is 7.22. The number of carbonyl (C=O) groups excluding carboxylic acids is 1. The third kappa shape index (κ3) is 3.41. The van der Waals surface area contributed by atoms with Crippen LogP contribution in [0.15, 0.2) is 6.07 Å². The number of carbonyl (C=O) groups is 1. The minimum Gasteiger partial charge on any atom is -0.358 e. The summed E-state index contributed by atoms with van der Waals surface area (Å²) in [5, 5.41) is 23.4. The summed E-state index contributed by atoms with van der Waals surface area (Å²) in [6.45, 7) is 4.23. The molecule has 0 saturated heterocycles. The van der Waals surface area contributed by atoms with Gasteiger partial charge in [-0.25, -0.2) is 0 Å². The van der Waals surface area contributed by atoms with Crippen molar-refractivity contribution in [1.29, 1.82) is 0 Å². The van der Waals surface area contributed by atoms with E-state index >= 15 is 0 Å². The Balaban J connectivity index is 1.37. The maximum atomic E-state index is 13.0. The number of aryl methyl sites for hydroxylation is 2. The van der Waals surface area contributed by atoms with Crippen LogP contribution in [0.3, 0.4) is 0 Å². The fourth-order valence-corrected chi connectivity index (χ4v) is 7.40. The number of nitrogens with zero attached hydrogens (tertiary/aromatic N) is 5. The second-order valence-corrected chi connectivity index (χ2v) is 10.8. The number of hydrogen-bond acceptors (Lipinski definition) is 5. The number of nitrogens with one attached hydrogen (secondary N) is 1. The first-order valence-electron chi connectivity index (χ1n) is 11.3. The van der Waals surface area contributed by atoms with E-state index in [-0.39, 0.29) is 27.7 Å². The molecule has 1 amide bonds. The summed E-state index contributed by atoms with van der Waals surface area (Å²) >= 11 is 6.28. The Hall–Kier alpha value is -2.42. The van der Waals surface area contributed by atoms with Crippen LogP contribution in [-0.2, 0) is 23.9 Å². The van der Waals surface area contributed by atoms with Gasteiger partial charge in [-0.15, -0.1) is 0 Å². The third-order valence-electron chi connectivity index (χ3n) is 7.97. The van der Waals surface area contributed by atoms with Gasteiger partial charge in [0, 0.05) is 19.2 Å². The molecular weight excluding hydrogens is 432 g/mol. The average Bonchev–Trinajstić information content (AvgIpc) is 3.18. The quantitative estimate of drug-likeness (QED) is 0.521. The molecule has 0 aromatic carbocycles. The molecule has 2 aromatic heterocycles. The van der Waals surface area contributed by atoms with Crippen molar-refractivity contribution in [2.24, 2.45) is 24.3 Å². The molecule has 2 unspecified atom stereocenters. The predicted molar refractivity (Wildman–Crippen MR) is 118 cm³/mol. The number of amides is 1. The zero-order valence-electron chi connectivity index (χ0n) is 18.7. The lowest BCUT2D eigenvalue weighted by Crippen LogP contribution is -2.57. The zero-order valence-corrected chi connectivity index (χ0v) is 19.5. The number of nitro groups is 1. The first-order chi connectivity index (χ1) is 15.1. The van der Waals surface area contributed by atoms with E-state index in [0.29, 0.717) is 30.5 Å². The van der Waals surface area contributed by atoms with Crippen molar-refractivity contribution in [3.63, 3.8) is 0 Å². The Morgan fingerprint density at radius 3 is 2.53 bits per heavy atom. The highest BCUT2D eigenvalue weighted by Gasteiger charge is 2.60. The van der Waals surface area contributed by atoms with Crippen LogP contribution in [0.1, 0.15) is 62.0 Å². The van der Waals surface area contributed by atoms with Crippen molar-refractivity contribution >= 4 is 23.3 Å². The molecule has 10 heteroatoms. The monoisotopic (exact) mass is 460 g/mol. The second kappa shape index (κ2) is 7.30. The Morgan fingerprint density at radius 1 is 1.28 bits per heavy atom. The summed E-state index contributed by atoms with van der Waals surface area (Å²) in [4.78, 5) is 23.9. The largest absolute Gasteiger partial charge is 0.408 e. The minimum absolute atomic E-state index is 0.0478. The normalized spacial score (nSPS) is 30.6. The van der Waals surface area contributed by atoms with Gasteiger partial charge in [0.15, 0.2) is 5.02 Å². The summed E-state index contributed by atoms with van der Waals surface area (Å²) in [5.41, 5.74) is 2.19. The Labute approximate surface area is 191 Å². The van der Waals surface area contributed by atoms with Crippen LogP contribution in [-0.4, -0.2) is 30.4 Å². The van der Waals surface area contributed by atoms with Crippen LogP contribution in [0.25, 0.3) is 0 Å². The molecule has 1 N–H and O–H groups in total. The molecule has 4 aliphatic rings. The third-order valence-corrected chi connectivity index (χ3v) is 8.41. The predicted octanol–water partition coefficient (Wildman–Crippen LogP) is 3.80. The molecular formula is C22H29ClN6O3. The van der Waals surface area contributed by atoms with Gasteiger partial charge in [0.2, 0.25) is 5.91 Å². The second-order valence-electron chi connectivity index (χ2n) is 10.4. The van der Waals surface area contributed by atoms with E-state index < -0.39 is 4.92 Å². The van der Waals surface area contributed by atoms with Crippen LogP contribution in [0, 0.1) is 41.2 Å². The highest BCUT2D eigenvalue weighted by atomic mass is 35.5. The van der Waals surface area contributed by atoms with Gasteiger partial charge in [-0.05, 0) is 80.6 Å². The van der Waals surface area contributed by atoms with Crippen molar-refractivity contribution in [2.75, 3.05) is 0 Å². The maximum absolute atomic E-state index is 13.0. The SMILES string of the molecule is Cc1cc(CNC(=O)CC23CC4CC(C2)CC(n2nc([N+](=O)[O-])c(Cl)c2C)(C4)C3)nn1C. The lowest BCUT2D eigenvalue weighted by atomic mass is 9.46. The molecule has 0 radical (unpaired) electrons. The smallest absolute Gasteiger partial charge is 0.358 e. The molecule has 0 spiro atoms. The van der Waals surface area contributed by atoms with Crippen LogP contribution in [0.4, 0.5) is 5.82 Å². The molecule has 2 aromatic rings. The molecule has 172 valence electrons. The van der Waals surface area contributed by atoms with E-state index in [9.17, 15) is 14.9 Å². The van der Waals surface area contributed by atoms with Gasteiger partial charge >= 0.3 is 5.82 Å². The molecule has 6 rings (SSSR count). The van der Waals surface area contributed by atoms with Gasteiger partial charge in [0.1, 0.15) is 0 Å². The van der Waals surface area contributed by atoms with E-state index in [2.05, 4.69) is 15.5 Å². The summed E-state index contributed by atoms with van der Waals surface area (Å²) in [7, 11) is 1.89. The van der Waals surface area contributed by atoms with Gasteiger partial charge in [0.25, 0.3) is 0 Å². The van der Waals surface area contributed by atoms with E-state index in [0.717, 1.165) is 43.5 Å². The van der Waals surface area contributed by atoms with Gasteiger partial charge in [-0.2, -0.15) is 9.78 Å². The van der Waals surface area contributed by atoms with Crippen molar-refractivity contribution < 1.29 is 9.72 Å². The van der Waals surface area contributed by atoms with E-state index in [1.165, 1.54) is 6.42 Å². The fraction of sp³-hybridized carbons (Fsp3) is 0.682. The minimum atomic E-state index is -0.505. The van der Waals surface area contributed by atoms with E-state index in [1.54, 1.807) is 4.68 Å². The van der Waals surface area contributed by atoms with Gasteiger partial charge in [-0.3, -0.25) is 9.48 Å². The molecule has 32 heavy (non-hydrogen) atoms. The molecule has 2 atom stereocenters. The topological polar surface area (TPSA) is 108 Å². The number of halogens is 1. The molecule has 2 heterocycles. The number of aromatic nitrogens is 4. The highest BCUT2D eigenvalue weighted by molar-refractivity contribution is 6.33. The summed E-state index contributed by atoms with van der Waals surface area (Å²) in [5.74, 6) is 0.816. The van der Waals surface area contributed by atoms with E-state index in [4.69, 9.17) is 11.6 Å². The summed E-state index contributed by atoms with van der Waals surface area (Å²) in [6, 6.07) is 1.98. The van der Waals surface area contributed by atoms with E-state index in [1.807, 2.05) is 31.6 Å². The molecule has 4 aliphatic carbocycles. The van der Waals surface area contributed by atoms with Crippen LogP contribution in [0.5, 0.6) is 0 Å². The highest BCUT2D eigenvalue weighted by Crippen LogP contribution is 2.65. The first-order valence-corrected chi connectivity index (χ1v) is 11.6. The van der Waals surface area contributed by atoms with Crippen molar-refractivity contribution in [1.82, 2.24) is 24.9 Å². The lowest BCUT2D eigenvalue weighted by molar-refractivity contribution is -0.389.